The van der Waals surface area contributed by atoms with E-state index in [1.165, 1.54) is 11.8 Å². The van der Waals surface area contributed by atoms with Gasteiger partial charge in [0.1, 0.15) is 11.8 Å². The van der Waals surface area contributed by atoms with Gasteiger partial charge in [-0.3, -0.25) is 14.7 Å². The lowest BCUT2D eigenvalue weighted by Gasteiger charge is -2.16. The monoisotopic (exact) mass is 489 g/mol. The summed E-state index contributed by atoms with van der Waals surface area (Å²) in [4.78, 5) is 20.8. The fraction of sp³-hybridized carbons (Fsp3) is 0.100. The first-order valence-electron chi connectivity index (χ1n) is 11.6. The van der Waals surface area contributed by atoms with Crippen LogP contribution in [-0.2, 0) is 17.9 Å². The van der Waals surface area contributed by atoms with Crippen molar-refractivity contribution < 1.29 is 9.53 Å². The Hall–Kier alpha value is -4.34. The van der Waals surface area contributed by atoms with E-state index in [4.69, 9.17) is 15.0 Å². The fourth-order valence-electron chi connectivity index (χ4n) is 4.07. The largest absolute Gasteiger partial charge is 0.478 e. The maximum atomic E-state index is 13.7. The van der Waals surface area contributed by atoms with Crippen LogP contribution in [0.15, 0.2) is 107 Å². The second kappa shape index (κ2) is 10.9. The maximum absolute atomic E-state index is 13.7. The minimum atomic E-state index is -0.102. The first-order valence-corrected chi connectivity index (χ1v) is 12.4. The van der Waals surface area contributed by atoms with Gasteiger partial charge >= 0.3 is 0 Å². The molecule has 0 radical (unpaired) electrons. The number of thioether (sulfide) groups is 1. The predicted molar refractivity (Wildman–Crippen MR) is 145 cm³/mol. The molecule has 0 atom stereocenters. The number of ether oxygens (including phenoxy) is 1. The molecular formula is C30H23N3O2S. The molecule has 0 unspecified atom stereocenters. The van der Waals surface area contributed by atoms with E-state index in [2.05, 4.69) is 0 Å². The van der Waals surface area contributed by atoms with Gasteiger partial charge < -0.3 is 4.74 Å². The SMILES string of the molecule is N#CCOc1ccc2ccccc2c1/C=C1\SC(=NCc2ccccc2)N(Cc2ccccc2)C1=O. The average molecular weight is 490 g/mol. The third-order valence-corrected chi connectivity index (χ3v) is 6.85. The number of benzene rings is 4. The van der Waals surface area contributed by atoms with Crippen LogP contribution in [0.3, 0.4) is 0 Å². The number of fused-ring (bicyclic) bond motifs is 1. The molecule has 5 rings (SSSR count). The van der Waals surface area contributed by atoms with E-state index in [0.29, 0.717) is 28.9 Å². The Kier molecular flexibility index (Phi) is 7.11. The number of carbonyl (C=O) groups excluding carboxylic acids is 1. The zero-order chi connectivity index (χ0) is 24.7. The lowest BCUT2D eigenvalue weighted by molar-refractivity contribution is -0.122. The molecule has 5 nitrogen and oxygen atoms in total. The van der Waals surface area contributed by atoms with E-state index in [-0.39, 0.29) is 12.5 Å². The van der Waals surface area contributed by atoms with Crippen molar-refractivity contribution in [2.45, 2.75) is 13.1 Å². The van der Waals surface area contributed by atoms with Gasteiger partial charge in [0, 0.05) is 5.56 Å². The fourth-order valence-corrected chi connectivity index (χ4v) is 5.02. The van der Waals surface area contributed by atoms with Crippen molar-refractivity contribution in [2.24, 2.45) is 4.99 Å². The van der Waals surface area contributed by atoms with Gasteiger partial charge in [-0.1, -0.05) is 91.0 Å². The van der Waals surface area contributed by atoms with Crippen LogP contribution in [0.1, 0.15) is 16.7 Å². The van der Waals surface area contributed by atoms with Crippen LogP contribution in [0, 0.1) is 11.3 Å². The van der Waals surface area contributed by atoms with E-state index in [1.54, 1.807) is 4.90 Å². The number of hydrogen-bond donors (Lipinski definition) is 0. The Labute approximate surface area is 214 Å². The third kappa shape index (κ3) is 5.17. The second-order valence-electron chi connectivity index (χ2n) is 8.22. The summed E-state index contributed by atoms with van der Waals surface area (Å²) in [6.07, 6.45) is 1.87. The average Bonchev–Trinajstić information content (AvgIpc) is 3.22. The normalized spacial score (nSPS) is 15.5. The van der Waals surface area contributed by atoms with Gasteiger partial charge in [0.05, 0.1) is 18.0 Å². The number of amides is 1. The number of rotatable bonds is 7. The predicted octanol–water partition coefficient (Wildman–Crippen LogP) is 6.41. The van der Waals surface area contributed by atoms with Gasteiger partial charge in [-0.2, -0.15) is 5.26 Å². The van der Waals surface area contributed by atoms with Crippen molar-refractivity contribution >= 4 is 39.7 Å². The van der Waals surface area contributed by atoms with Crippen LogP contribution in [0.4, 0.5) is 0 Å². The van der Waals surface area contributed by atoms with Gasteiger partial charge in [0.2, 0.25) is 0 Å². The highest BCUT2D eigenvalue weighted by Crippen LogP contribution is 2.37. The van der Waals surface area contributed by atoms with Crippen molar-refractivity contribution in [2.75, 3.05) is 6.61 Å². The molecule has 1 heterocycles. The summed E-state index contributed by atoms with van der Waals surface area (Å²) < 4.78 is 5.72. The zero-order valence-electron chi connectivity index (χ0n) is 19.5. The van der Waals surface area contributed by atoms with E-state index in [0.717, 1.165) is 27.5 Å². The Morgan fingerprint density at radius 3 is 2.33 bits per heavy atom. The van der Waals surface area contributed by atoms with Crippen molar-refractivity contribution in [3.8, 4) is 11.8 Å². The molecule has 0 aliphatic carbocycles. The van der Waals surface area contributed by atoms with Gasteiger partial charge in [0.25, 0.3) is 5.91 Å². The Balaban J connectivity index is 1.55. The lowest BCUT2D eigenvalue weighted by Crippen LogP contribution is -2.28. The maximum Gasteiger partial charge on any atom is 0.267 e. The molecule has 4 aromatic carbocycles. The number of amidine groups is 1. The molecule has 36 heavy (non-hydrogen) atoms. The Morgan fingerprint density at radius 1 is 0.889 bits per heavy atom. The van der Waals surface area contributed by atoms with Crippen LogP contribution >= 0.6 is 11.8 Å². The van der Waals surface area contributed by atoms with Gasteiger partial charge in [-0.15, -0.1) is 0 Å². The lowest BCUT2D eigenvalue weighted by atomic mass is 10.0. The smallest absolute Gasteiger partial charge is 0.267 e. The van der Waals surface area contributed by atoms with Gasteiger partial charge in [-0.05, 0) is 45.8 Å². The Bertz CT molecular complexity index is 1490. The number of nitriles is 1. The van der Waals surface area contributed by atoms with Crippen molar-refractivity contribution in [1.29, 1.82) is 5.26 Å². The van der Waals surface area contributed by atoms with Crippen molar-refractivity contribution in [1.82, 2.24) is 4.90 Å². The molecule has 1 saturated heterocycles. The molecule has 0 saturated carbocycles. The summed E-state index contributed by atoms with van der Waals surface area (Å²) >= 11 is 1.37. The molecule has 6 heteroatoms. The summed E-state index contributed by atoms with van der Waals surface area (Å²) in [5.41, 5.74) is 2.89. The highest BCUT2D eigenvalue weighted by Gasteiger charge is 2.33. The number of aliphatic imine (C=N–C) groups is 1. The minimum Gasteiger partial charge on any atom is -0.478 e. The molecule has 0 spiro atoms. The minimum absolute atomic E-state index is 0.0699. The second-order valence-corrected chi connectivity index (χ2v) is 9.23. The summed E-state index contributed by atoms with van der Waals surface area (Å²) in [6, 6.07) is 33.7. The van der Waals surface area contributed by atoms with Crippen LogP contribution in [0.2, 0.25) is 0 Å². The summed E-state index contributed by atoms with van der Waals surface area (Å²) in [7, 11) is 0. The zero-order valence-corrected chi connectivity index (χ0v) is 20.3. The molecule has 4 aromatic rings. The first-order chi connectivity index (χ1) is 17.7. The molecule has 0 aromatic heterocycles. The van der Waals surface area contributed by atoms with Crippen LogP contribution in [0.5, 0.6) is 5.75 Å². The first kappa shape index (κ1) is 23.4. The van der Waals surface area contributed by atoms with Crippen LogP contribution in [-0.4, -0.2) is 22.6 Å². The molecule has 1 aliphatic heterocycles. The standard InChI is InChI=1S/C30H23N3O2S/c31-17-18-35-27-16-15-24-13-7-8-14-25(24)26(27)19-28-29(34)33(21-23-11-5-2-6-12-23)30(36-28)32-20-22-9-3-1-4-10-22/h1-16,19H,18,20-21H2/b28-19-,32-30?. The van der Waals surface area contributed by atoms with E-state index < -0.39 is 0 Å². The molecule has 1 aliphatic rings. The molecule has 1 amide bonds. The molecule has 1 fully saturated rings. The van der Waals surface area contributed by atoms with E-state index >= 15 is 0 Å². The summed E-state index contributed by atoms with van der Waals surface area (Å²) in [5, 5.41) is 11.7. The molecule has 176 valence electrons. The van der Waals surface area contributed by atoms with E-state index in [1.807, 2.05) is 109 Å². The Morgan fingerprint density at radius 2 is 1.58 bits per heavy atom. The van der Waals surface area contributed by atoms with Crippen LogP contribution in [0.25, 0.3) is 16.8 Å². The quantitative estimate of drug-likeness (QED) is 0.281. The highest BCUT2D eigenvalue weighted by atomic mass is 32.2. The number of hydrogen-bond acceptors (Lipinski definition) is 5. The summed E-state index contributed by atoms with van der Waals surface area (Å²) in [6.45, 7) is 0.851. The third-order valence-electron chi connectivity index (χ3n) is 5.81. The van der Waals surface area contributed by atoms with Gasteiger partial charge in [0.15, 0.2) is 11.8 Å². The van der Waals surface area contributed by atoms with Crippen LogP contribution < -0.4 is 4.74 Å². The highest BCUT2D eigenvalue weighted by molar-refractivity contribution is 8.18. The van der Waals surface area contributed by atoms with Crippen molar-refractivity contribution in [3.63, 3.8) is 0 Å². The van der Waals surface area contributed by atoms with Crippen molar-refractivity contribution in [3.05, 3.63) is 119 Å². The van der Waals surface area contributed by atoms with Gasteiger partial charge in [-0.25, -0.2) is 0 Å². The molecule has 0 N–H and O–H groups in total. The topological polar surface area (TPSA) is 65.7 Å². The van der Waals surface area contributed by atoms with E-state index in [9.17, 15) is 4.79 Å². The molecule has 0 bridgehead atoms. The number of nitrogens with zero attached hydrogens (tertiary/aromatic N) is 3. The summed E-state index contributed by atoms with van der Waals surface area (Å²) in [5.74, 6) is 0.468. The number of carbonyl (C=O) groups is 1. The molecular weight excluding hydrogens is 466 g/mol.